The summed E-state index contributed by atoms with van der Waals surface area (Å²) in [5.41, 5.74) is 9.60. The normalized spacial score (nSPS) is 8.26. The third-order valence-corrected chi connectivity index (χ3v) is 1.88. The Morgan fingerprint density at radius 3 is 2.26 bits per heavy atom. The number of nitrogens with zero attached hydrogens (tertiary/aromatic N) is 1. The molecule has 0 amide bonds. The van der Waals surface area contributed by atoms with E-state index in [1.54, 1.807) is 12.1 Å². The van der Waals surface area contributed by atoms with Crippen LogP contribution in [-0.2, 0) is 0 Å². The van der Waals surface area contributed by atoms with Gasteiger partial charge < -0.3 is 5.73 Å². The van der Waals surface area contributed by atoms with E-state index in [2.05, 4.69) is 26.3 Å². The third kappa shape index (κ3) is 9.20. The lowest BCUT2D eigenvalue weighted by molar-refractivity contribution is 1.49. The molecule has 100 valence electrons. The Hall–Kier alpha value is -2.53. The minimum absolute atomic E-state index is 0.757. The van der Waals surface area contributed by atoms with Crippen molar-refractivity contribution in [3.63, 3.8) is 0 Å². The van der Waals surface area contributed by atoms with Crippen molar-refractivity contribution < 1.29 is 0 Å². The van der Waals surface area contributed by atoms with Crippen LogP contribution in [0.3, 0.4) is 0 Å². The third-order valence-electron chi connectivity index (χ3n) is 1.88. The number of nitrogens with two attached hydrogens (primary N) is 1. The Morgan fingerprint density at radius 2 is 1.84 bits per heavy atom. The van der Waals surface area contributed by atoms with Crippen molar-refractivity contribution in [1.82, 2.24) is 0 Å². The SMILES string of the molecule is C=C.C=Cc1cc(N)ccc1/C=C/C(=C)C.CC#N. The van der Waals surface area contributed by atoms with E-state index >= 15 is 0 Å². The summed E-state index contributed by atoms with van der Waals surface area (Å²) >= 11 is 0. The highest BCUT2D eigenvalue weighted by Gasteiger charge is 1.95. The molecule has 0 aromatic heterocycles. The molecule has 2 nitrogen and oxygen atoms in total. The predicted octanol–water partition coefficient (Wildman–Crippen LogP) is 4.83. The van der Waals surface area contributed by atoms with Gasteiger partial charge in [0.2, 0.25) is 0 Å². The molecule has 0 fully saturated rings. The molecule has 0 radical (unpaired) electrons. The van der Waals surface area contributed by atoms with Crippen LogP contribution in [0.1, 0.15) is 25.0 Å². The minimum atomic E-state index is 0.757. The molecule has 0 saturated carbocycles. The fourth-order valence-electron chi connectivity index (χ4n) is 1.15. The summed E-state index contributed by atoms with van der Waals surface area (Å²) < 4.78 is 0. The second-order valence-electron chi connectivity index (χ2n) is 3.50. The Labute approximate surface area is 116 Å². The molecule has 0 aliphatic heterocycles. The number of nitrogen functional groups attached to an aromatic ring is 1. The van der Waals surface area contributed by atoms with E-state index in [1.165, 1.54) is 6.92 Å². The van der Waals surface area contributed by atoms with E-state index in [0.717, 1.165) is 22.4 Å². The fraction of sp³-hybridized carbons (Fsp3) is 0.118. The number of nitriles is 1. The number of rotatable bonds is 3. The summed E-state index contributed by atoms with van der Waals surface area (Å²) in [6, 6.07) is 7.52. The van der Waals surface area contributed by atoms with Gasteiger partial charge in [-0.05, 0) is 30.2 Å². The highest BCUT2D eigenvalue weighted by Crippen LogP contribution is 2.16. The molecule has 19 heavy (non-hydrogen) atoms. The zero-order valence-corrected chi connectivity index (χ0v) is 11.8. The summed E-state index contributed by atoms with van der Waals surface area (Å²) in [7, 11) is 0. The molecule has 2 N–H and O–H groups in total. The van der Waals surface area contributed by atoms with Gasteiger partial charge in [0.15, 0.2) is 0 Å². The molecule has 0 aliphatic rings. The standard InChI is InChI=1S/C13H15N.C2H3N.C2H4/c1-4-11-9-13(14)8-7-12(11)6-5-10(2)3;1-2-3;1-2/h4-9H,1-2,14H2,3H3;1H3;1-2H2/b6-5+;;. The molecule has 0 bridgehead atoms. The van der Waals surface area contributed by atoms with E-state index in [-0.39, 0.29) is 0 Å². The molecule has 0 heterocycles. The lowest BCUT2D eigenvalue weighted by atomic mass is 10.1. The first-order valence-electron chi connectivity index (χ1n) is 5.71. The first-order valence-corrected chi connectivity index (χ1v) is 5.71. The van der Waals surface area contributed by atoms with Gasteiger partial charge in [0, 0.05) is 12.6 Å². The summed E-state index contributed by atoms with van der Waals surface area (Å²) in [6.07, 6.45) is 5.78. The quantitative estimate of drug-likeness (QED) is 0.477. The number of benzene rings is 1. The largest absolute Gasteiger partial charge is 0.399 e. The van der Waals surface area contributed by atoms with Crippen LogP contribution in [0.2, 0.25) is 0 Å². The predicted molar refractivity (Wildman–Crippen MR) is 87.3 cm³/mol. The van der Waals surface area contributed by atoms with Crippen LogP contribution in [0.15, 0.2) is 56.2 Å². The summed E-state index contributed by atoms with van der Waals surface area (Å²) in [5.74, 6) is 0. The molecule has 0 spiro atoms. The maximum atomic E-state index is 7.32. The van der Waals surface area contributed by atoms with Gasteiger partial charge >= 0.3 is 0 Å². The van der Waals surface area contributed by atoms with Crippen molar-refractivity contribution in [2.24, 2.45) is 0 Å². The molecule has 0 unspecified atom stereocenters. The fourth-order valence-corrected chi connectivity index (χ4v) is 1.15. The highest BCUT2D eigenvalue weighted by molar-refractivity contribution is 5.68. The van der Waals surface area contributed by atoms with Crippen LogP contribution in [0.25, 0.3) is 12.2 Å². The lowest BCUT2D eigenvalue weighted by Gasteiger charge is -2.02. The van der Waals surface area contributed by atoms with Gasteiger partial charge in [-0.1, -0.05) is 43.0 Å². The zero-order chi connectivity index (χ0) is 15.3. The molecule has 0 atom stereocenters. The van der Waals surface area contributed by atoms with Gasteiger partial charge in [0.1, 0.15) is 0 Å². The number of allylic oxidation sites excluding steroid dienone is 2. The Balaban J connectivity index is 0. The number of hydrogen-bond donors (Lipinski definition) is 1. The molecule has 0 aliphatic carbocycles. The van der Waals surface area contributed by atoms with Gasteiger partial charge in [0.05, 0.1) is 6.07 Å². The average molecular weight is 254 g/mol. The van der Waals surface area contributed by atoms with Crippen LogP contribution >= 0.6 is 0 Å². The van der Waals surface area contributed by atoms with E-state index in [0.29, 0.717) is 0 Å². The minimum Gasteiger partial charge on any atom is -0.399 e. The van der Waals surface area contributed by atoms with Crippen molar-refractivity contribution in [1.29, 1.82) is 5.26 Å². The second-order valence-corrected chi connectivity index (χ2v) is 3.50. The molecule has 1 rings (SSSR count). The summed E-state index contributed by atoms with van der Waals surface area (Å²) in [4.78, 5) is 0. The smallest absolute Gasteiger partial charge is 0.0587 e. The topological polar surface area (TPSA) is 49.8 Å². The van der Waals surface area contributed by atoms with Gasteiger partial charge in [-0.3, -0.25) is 0 Å². The molecule has 2 heteroatoms. The molecule has 1 aromatic rings. The maximum Gasteiger partial charge on any atom is 0.0587 e. The van der Waals surface area contributed by atoms with E-state index in [9.17, 15) is 0 Å². The van der Waals surface area contributed by atoms with Crippen molar-refractivity contribution in [2.45, 2.75) is 13.8 Å². The number of hydrogen-bond acceptors (Lipinski definition) is 2. The van der Waals surface area contributed by atoms with Crippen LogP contribution in [0.5, 0.6) is 0 Å². The number of anilines is 1. The molecular formula is C17H22N2. The van der Waals surface area contributed by atoms with Gasteiger partial charge in [-0.25, -0.2) is 0 Å². The zero-order valence-electron chi connectivity index (χ0n) is 11.8. The van der Waals surface area contributed by atoms with Crippen LogP contribution in [-0.4, -0.2) is 0 Å². The lowest BCUT2D eigenvalue weighted by Crippen LogP contribution is -1.87. The van der Waals surface area contributed by atoms with Gasteiger partial charge in [-0.2, -0.15) is 5.26 Å². The van der Waals surface area contributed by atoms with E-state index < -0.39 is 0 Å². The van der Waals surface area contributed by atoms with E-state index in [4.69, 9.17) is 11.0 Å². The van der Waals surface area contributed by atoms with Crippen molar-refractivity contribution >= 4 is 17.8 Å². The molecule has 0 saturated heterocycles. The van der Waals surface area contributed by atoms with Crippen molar-refractivity contribution in [3.8, 4) is 6.07 Å². The van der Waals surface area contributed by atoms with E-state index in [1.807, 2.05) is 37.3 Å². The van der Waals surface area contributed by atoms with Crippen molar-refractivity contribution in [2.75, 3.05) is 5.73 Å². The summed E-state index contributed by atoms with van der Waals surface area (Å²) in [5, 5.41) is 7.32. The van der Waals surface area contributed by atoms with Crippen molar-refractivity contribution in [3.05, 3.63) is 67.3 Å². The van der Waals surface area contributed by atoms with Crippen LogP contribution < -0.4 is 5.73 Å². The maximum absolute atomic E-state index is 7.32. The summed E-state index contributed by atoms with van der Waals surface area (Å²) in [6.45, 7) is 16.9. The Morgan fingerprint density at radius 1 is 1.32 bits per heavy atom. The second kappa shape index (κ2) is 11.9. The van der Waals surface area contributed by atoms with Gasteiger partial charge in [0.25, 0.3) is 0 Å². The average Bonchev–Trinajstić information content (AvgIpc) is 2.40. The highest BCUT2D eigenvalue weighted by atomic mass is 14.5. The molecular weight excluding hydrogens is 232 g/mol. The van der Waals surface area contributed by atoms with Crippen LogP contribution in [0, 0.1) is 11.3 Å². The van der Waals surface area contributed by atoms with Gasteiger partial charge in [-0.15, -0.1) is 13.2 Å². The first kappa shape index (κ1) is 18.8. The Kier molecular flexibility index (Phi) is 11.8. The molecule has 1 aromatic carbocycles. The first-order chi connectivity index (χ1) is 9.04. The Bertz CT molecular complexity index is 477. The van der Waals surface area contributed by atoms with Crippen LogP contribution in [0.4, 0.5) is 5.69 Å². The monoisotopic (exact) mass is 254 g/mol.